The van der Waals surface area contributed by atoms with Crippen LogP contribution >= 0.6 is 0 Å². The van der Waals surface area contributed by atoms with Crippen LogP contribution in [0.25, 0.3) is 44.1 Å². The van der Waals surface area contributed by atoms with E-state index in [9.17, 15) is 0 Å². The molecule has 4 saturated carbocycles. The van der Waals surface area contributed by atoms with Gasteiger partial charge in [0.2, 0.25) is 0 Å². The zero-order valence-electron chi connectivity index (χ0n) is 19.9. The molecular weight excluding hydrogens is 422 g/mol. The second-order valence-electron chi connectivity index (χ2n) is 11.8. The molecule has 0 unspecified atom stereocenters. The van der Waals surface area contributed by atoms with Crippen LogP contribution in [-0.4, -0.2) is 4.98 Å². The molecule has 35 heavy (non-hydrogen) atoms. The summed E-state index contributed by atoms with van der Waals surface area (Å²) in [4.78, 5) is 3.67. The summed E-state index contributed by atoms with van der Waals surface area (Å²) < 4.78 is 0. The molecule has 4 fully saturated rings. The van der Waals surface area contributed by atoms with Gasteiger partial charge >= 0.3 is 0 Å². The molecule has 170 valence electrons. The van der Waals surface area contributed by atoms with Crippen molar-refractivity contribution in [1.82, 2.24) is 4.98 Å². The van der Waals surface area contributed by atoms with E-state index >= 15 is 0 Å². The maximum Gasteiger partial charge on any atom is 0.0471 e. The Hall–Kier alpha value is -3.32. The molecule has 5 aliphatic carbocycles. The minimum absolute atomic E-state index is 0.226. The monoisotopic (exact) mass is 451 g/mol. The summed E-state index contributed by atoms with van der Waals surface area (Å²) in [5.74, 6) is 3.56. The van der Waals surface area contributed by atoms with Crippen molar-refractivity contribution in [3.8, 4) is 22.3 Å². The molecule has 0 radical (unpaired) electrons. The van der Waals surface area contributed by atoms with E-state index in [-0.39, 0.29) is 5.41 Å². The zero-order valence-corrected chi connectivity index (χ0v) is 19.9. The summed E-state index contributed by atoms with van der Waals surface area (Å²) in [6, 6.07) is 32.3. The number of fused-ring (bicyclic) bond motifs is 6. The van der Waals surface area contributed by atoms with Crippen LogP contribution in [0.15, 0.2) is 84.9 Å². The molecule has 1 aromatic heterocycles. The standard InChI is InChI=1S/C34H29N/c1-3-11-28-26(7-1)32-24(25-10-6-14-31-33(25)27-8-2-4-13-30(27)35-31)9-5-12-29(32)34(28)22-16-20-15-21(18-22)19-23(34)17-20/h1-14,20-23,35H,15-19H2. The van der Waals surface area contributed by atoms with Crippen LogP contribution in [0.5, 0.6) is 0 Å². The summed E-state index contributed by atoms with van der Waals surface area (Å²) in [5, 5.41) is 2.69. The topological polar surface area (TPSA) is 15.8 Å². The first-order valence-electron chi connectivity index (χ1n) is 13.6. The highest BCUT2D eigenvalue weighted by atomic mass is 14.7. The fourth-order valence-corrected chi connectivity index (χ4v) is 9.55. The van der Waals surface area contributed by atoms with Gasteiger partial charge in [0.25, 0.3) is 0 Å². The average Bonchev–Trinajstić information content (AvgIpc) is 3.41. The molecule has 1 heteroatoms. The molecule has 1 spiro atoms. The first kappa shape index (κ1) is 18.9. The number of hydrogen-bond acceptors (Lipinski definition) is 0. The molecule has 1 heterocycles. The highest BCUT2D eigenvalue weighted by molar-refractivity contribution is 6.15. The number of nitrogens with one attached hydrogen (secondary N) is 1. The Bertz CT molecular complexity index is 1640. The Balaban J connectivity index is 1.38. The van der Waals surface area contributed by atoms with Crippen molar-refractivity contribution in [2.24, 2.45) is 23.7 Å². The van der Waals surface area contributed by atoms with Crippen molar-refractivity contribution in [2.75, 3.05) is 0 Å². The highest BCUT2D eigenvalue weighted by Gasteiger charge is 2.61. The number of benzene rings is 4. The van der Waals surface area contributed by atoms with Gasteiger partial charge in [0.1, 0.15) is 0 Å². The van der Waals surface area contributed by atoms with E-state index in [0.717, 1.165) is 23.7 Å². The third-order valence-corrected chi connectivity index (χ3v) is 10.4. The Kier molecular flexibility index (Phi) is 3.50. The number of aromatic amines is 1. The third-order valence-electron chi connectivity index (χ3n) is 10.4. The van der Waals surface area contributed by atoms with Crippen molar-refractivity contribution >= 4 is 21.8 Å². The molecule has 1 N–H and O–H groups in total. The SMILES string of the molecule is c1ccc2c(c1)-c1c(-c3cccc4[nH]c5ccccc5c34)cccc1C21C2CC3CC(C2)CC1C3. The second kappa shape index (κ2) is 6.46. The van der Waals surface area contributed by atoms with Gasteiger partial charge in [0.05, 0.1) is 0 Å². The van der Waals surface area contributed by atoms with Gasteiger partial charge in [-0.25, -0.2) is 0 Å². The summed E-state index contributed by atoms with van der Waals surface area (Å²) in [7, 11) is 0. The largest absolute Gasteiger partial charge is 0.354 e. The van der Waals surface area contributed by atoms with Crippen molar-refractivity contribution < 1.29 is 0 Å². The van der Waals surface area contributed by atoms with E-state index in [1.807, 2.05) is 0 Å². The molecule has 0 saturated heterocycles. The van der Waals surface area contributed by atoms with Gasteiger partial charge in [-0.3, -0.25) is 0 Å². The number of rotatable bonds is 1. The maximum absolute atomic E-state index is 3.67. The molecular formula is C34H29N. The van der Waals surface area contributed by atoms with E-state index in [1.54, 1.807) is 11.1 Å². The minimum Gasteiger partial charge on any atom is -0.354 e. The highest BCUT2D eigenvalue weighted by Crippen LogP contribution is 2.70. The van der Waals surface area contributed by atoms with Crippen LogP contribution in [0, 0.1) is 23.7 Å². The molecule has 1 nitrogen and oxygen atoms in total. The van der Waals surface area contributed by atoms with Gasteiger partial charge < -0.3 is 4.98 Å². The Morgan fingerprint density at radius 2 is 1.17 bits per heavy atom. The number of aromatic nitrogens is 1. The molecule has 10 rings (SSSR count). The molecule has 4 bridgehead atoms. The quantitative estimate of drug-likeness (QED) is 0.262. The smallest absolute Gasteiger partial charge is 0.0471 e. The first-order valence-corrected chi connectivity index (χ1v) is 13.6. The predicted molar refractivity (Wildman–Crippen MR) is 145 cm³/mol. The van der Waals surface area contributed by atoms with E-state index in [1.165, 1.54) is 76.2 Å². The minimum atomic E-state index is 0.226. The van der Waals surface area contributed by atoms with Gasteiger partial charge in [0, 0.05) is 27.2 Å². The fraction of sp³-hybridized carbons (Fsp3) is 0.294. The maximum atomic E-state index is 3.67. The van der Waals surface area contributed by atoms with Gasteiger partial charge in [-0.1, -0.05) is 72.8 Å². The van der Waals surface area contributed by atoms with E-state index < -0.39 is 0 Å². The van der Waals surface area contributed by atoms with Crippen LogP contribution in [-0.2, 0) is 5.41 Å². The molecule has 0 aliphatic heterocycles. The molecule has 0 amide bonds. The summed E-state index contributed by atoms with van der Waals surface area (Å²) in [6.45, 7) is 0. The van der Waals surface area contributed by atoms with Gasteiger partial charge in [-0.15, -0.1) is 0 Å². The zero-order chi connectivity index (χ0) is 22.7. The lowest BCUT2D eigenvalue weighted by Gasteiger charge is -2.61. The summed E-state index contributed by atoms with van der Waals surface area (Å²) >= 11 is 0. The van der Waals surface area contributed by atoms with Gasteiger partial charge in [-0.05, 0) is 101 Å². The van der Waals surface area contributed by atoms with Crippen LogP contribution in [0.4, 0.5) is 0 Å². The van der Waals surface area contributed by atoms with Crippen molar-refractivity contribution in [3.05, 3.63) is 96.1 Å². The number of para-hydroxylation sites is 1. The first-order chi connectivity index (χ1) is 17.3. The third kappa shape index (κ3) is 2.22. The van der Waals surface area contributed by atoms with Crippen molar-refractivity contribution in [3.63, 3.8) is 0 Å². The lowest BCUT2D eigenvalue weighted by Crippen LogP contribution is -2.55. The lowest BCUT2D eigenvalue weighted by molar-refractivity contribution is -0.0399. The summed E-state index contributed by atoms with van der Waals surface area (Å²) in [5.41, 5.74) is 11.8. The van der Waals surface area contributed by atoms with E-state index in [2.05, 4.69) is 89.9 Å². The van der Waals surface area contributed by atoms with Gasteiger partial charge in [-0.2, -0.15) is 0 Å². The fourth-order valence-electron chi connectivity index (χ4n) is 9.55. The predicted octanol–water partition coefficient (Wildman–Crippen LogP) is 8.71. The molecule has 0 atom stereocenters. The van der Waals surface area contributed by atoms with E-state index in [4.69, 9.17) is 0 Å². The second-order valence-corrected chi connectivity index (χ2v) is 11.8. The molecule has 5 aromatic rings. The normalized spacial score (nSPS) is 29.8. The van der Waals surface area contributed by atoms with Crippen LogP contribution < -0.4 is 0 Å². The van der Waals surface area contributed by atoms with E-state index in [0.29, 0.717) is 0 Å². The van der Waals surface area contributed by atoms with Crippen molar-refractivity contribution in [1.29, 1.82) is 0 Å². The average molecular weight is 452 g/mol. The van der Waals surface area contributed by atoms with Crippen LogP contribution in [0.3, 0.4) is 0 Å². The Morgan fingerprint density at radius 1 is 0.543 bits per heavy atom. The van der Waals surface area contributed by atoms with Crippen LogP contribution in [0.2, 0.25) is 0 Å². The lowest BCUT2D eigenvalue weighted by atomic mass is 9.43. The Morgan fingerprint density at radius 3 is 2.03 bits per heavy atom. The molecule has 5 aliphatic rings. The molecule has 4 aromatic carbocycles. The van der Waals surface area contributed by atoms with Crippen LogP contribution in [0.1, 0.15) is 43.2 Å². The Labute approximate surface area is 206 Å². The van der Waals surface area contributed by atoms with Gasteiger partial charge in [0.15, 0.2) is 0 Å². The number of hydrogen-bond donors (Lipinski definition) is 1. The summed E-state index contributed by atoms with van der Waals surface area (Å²) in [6.07, 6.45) is 7.23. The number of H-pyrrole nitrogens is 1. The van der Waals surface area contributed by atoms with Crippen molar-refractivity contribution in [2.45, 2.75) is 37.5 Å².